The van der Waals surface area contributed by atoms with E-state index in [1.807, 2.05) is 30.3 Å². The highest BCUT2D eigenvalue weighted by atomic mass is 19.3. The van der Waals surface area contributed by atoms with Crippen LogP contribution in [0.2, 0.25) is 0 Å². The SMILES string of the molecule is CC(=O)OF.COc1ccc(C(=O)N2CC(F)C(F)C2=O)cc1OCc1ccccc1. The van der Waals surface area contributed by atoms with Crippen molar-refractivity contribution in [2.75, 3.05) is 13.7 Å². The Morgan fingerprint density at radius 2 is 1.74 bits per heavy atom. The molecular weight excluding hydrogens is 419 g/mol. The fourth-order valence-electron chi connectivity index (χ4n) is 2.66. The molecule has 2 unspecified atom stereocenters. The maximum Gasteiger partial charge on any atom is 0.345 e. The van der Waals surface area contributed by atoms with Crippen LogP contribution in [0.15, 0.2) is 48.5 Å². The molecule has 0 radical (unpaired) electrons. The van der Waals surface area contributed by atoms with Gasteiger partial charge in [-0.15, -0.1) is 0 Å². The molecule has 0 spiro atoms. The molecule has 0 bridgehead atoms. The summed E-state index contributed by atoms with van der Waals surface area (Å²) in [6.07, 6.45) is -4.30. The summed E-state index contributed by atoms with van der Waals surface area (Å²) in [6.45, 7) is 0.641. The molecule has 7 nitrogen and oxygen atoms in total. The van der Waals surface area contributed by atoms with Gasteiger partial charge in [0, 0.05) is 17.0 Å². The second-order valence-electron chi connectivity index (χ2n) is 6.38. The minimum Gasteiger partial charge on any atom is -0.493 e. The number of carbonyl (C=O) groups excluding carboxylic acids is 3. The van der Waals surface area contributed by atoms with E-state index in [1.54, 1.807) is 0 Å². The first-order valence-electron chi connectivity index (χ1n) is 9.06. The highest BCUT2D eigenvalue weighted by molar-refractivity contribution is 6.07. The standard InChI is InChI=1S/C19H17F2NO4.C2H3FO2/c1-25-15-8-7-13(18(23)22-10-14(20)17(21)19(22)24)9-16(15)26-11-12-5-3-2-4-6-12;1-2(4)5-3/h2-9,14,17H,10-11H2,1H3;1H3. The van der Waals surface area contributed by atoms with Crippen LogP contribution in [0.3, 0.4) is 0 Å². The number of likely N-dealkylation sites (tertiary alicyclic amines) is 1. The Balaban J connectivity index is 0.000000614. The van der Waals surface area contributed by atoms with Gasteiger partial charge in [0.2, 0.25) is 6.17 Å². The number of hydrogen-bond acceptors (Lipinski definition) is 6. The number of halogens is 3. The summed E-state index contributed by atoms with van der Waals surface area (Å²) >= 11 is 0. The summed E-state index contributed by atoms with van der Waals surface area (Å²) in [6, 6.07) is 13.7. The van der Waals surface area contributed by atoms with E-state index < -0.39 is 36.7 Å². The average Bonchev–Trinajstić information content (AvgIpc) is 3.05. The van der Waals surface area contributed by atoms with Gasteiger partial charge in [0.1, 0.15) is 6.61 Å². The number of methoxy groups -OCH3 is 1. The van der Waals surface area contributed by atoms with Crippen LogP contribution in [-0.2, 0) is 21.1 Å². The molecule has 166 valence electrons. The molecule has 2 aromatic rings. The smallest absolute Gasteiger partial charge is 0.345 e. The largest absolute Gasteiger partial charge is 0.493 e. The van der Waals surface area contributed by atoms with Crippen LogP contribution in [-0.4, -0.2) is 48.7 Å². The summed E-state index contributed by atoms with van der Waals surface area (Å²) in [5, 5.41) is 0. The maximum absolute atomic E-state index is 13.4. The lowest BCUT2D eigenvalue weighted by Gasteiger charge is -2.16. The zero-order valence-electron chi connectivity index (χ0n) is 16.7. The third-order valence-corrected chi connectivity index (χ3v) is 4.18. The van der Waals surface area contributed by atoms with Crippen LogP contribution < -0.4 is 9.47 Å². The Morgan fingerprint density at radius 1 is 1.10 bits per heavy atom. The van der Waals surface area contributed by atoms with Crippen molar-refractivity contribution in [2.24, 2.45) is 0 Å². The van der Waals surface area contributed by atoms with Gasteiger partial charge >= 0.3 is 5.97 Å². The molecule has 0 saturated carbocycles. The number of carbonyl (C=O) groups is 3. The fraction of sp³-hybridized carbons (Fsp3) is 0.286. The fourth-order valence-corrected chi connectivity index (χ4v) is 2.66. The lowest BCUT2D eigenvalue weighted by molar-refractivity contribution is -0.180. The predicted octanol–water partition coefficient (Wildman–Crippen LogP) is 3.37. The van der Waals surface area contributed by atoms with Crippen molar-refractivity contribution in [3.05, 3.63) is 59.7 Å². The van der Waals surface area contributed by atoms with Crippen LogP contribution in [0.1, 0.15) is 22.8 Å². The molecule has 1 fully saturated rings. The zero-order chi connectivity index (χ0) is 23.0. The summed E-state index contributed by atoms with van der Waals surface area (Å²) in [4.78, 5) is 36.5. The van der Waals surface area contributed by atoms with E-state index >= 15 is 0 Å². The quantitative estimate of drug-likeness (QED) is 0.665. The van der Waals surface area contributed by atoms with Gasteiger partial charge in [-0.3, -0.25) is 19.4 Å². The minimum atomic E-state index is -2.30. The van der Waals surface area contributed by atoms with Crippen molar-refractivity contribution in [3.8, 4) is 11.5 Å². The Bertz CT molecular complexity index is 925. The van der Waals surface area contributed by atoms with E-state index in [-0.39, 0.29) is 12.2 Å². The number of alkyl halides is 2. The van der Waals surface area contributed by atoms with Gasteiger partial charge in [0.25, 0.3) is 11.8 Å². The van der Waals surface area contributed by atoms with E-state index in [0.717, 1.165) is 12.5 Å². The molecule has 1 saturated heterocycles. The molecule has 2 atom stereocenters. The van der Waals surface area contributed by atoms with Crippen molar-refractivity contribution < 1.29 is 42.1 Å². The van der Waals surface area contributed by atoms with E-state index in [2.05, 4.69) is 4.94 Å². The molecule has 0 N–H and O–H groups in total. The maximum atomic E-state index is 13.4. The molecular formula is C21H20F3NO6. The molecule has 1 aliphatic heterocycles. The second kappa shape index (κ2) is 11.0. The third kappa shape index (κ3) is 6.21. The Morgan fingerprint density at radius 3 is 2.26 bits per heavy atom. The Labute approximate surface area is 176 Å². The summed E-state index contributed by atoms with van der Waals surface area (Å²) < 4.78 is 47.9. The van der Waals surface area contributed by atoms with Crippen LogP contribution in [0.5, 0.6) is 11.5 Å². The number of hydrogen-bond donors (Lipinski definition) is 0. The van der Waals surface area contributed by atoms with Crippen molar-refractivity contribution >= 4 is 17.8 Å². The highest BCUT2D eigenvalue weighted by Gasteiger charge is 2.44. The summed E-state index contributed by atoms with van der Waals surface area (Å²) in [7, 11) is 1.46. The van der Waals surface area contributed by atoms with Crippen LogP contribution >= 0.6 is 0 Å². The highest BCUT2D eigenvalue weighted by Crippen LogP contribution is 2.30. The van der Waals surface area contributed by atoms with E-state index in [1.165, 1.54) is 25.3 Å². The molecule has 31 heavy (non-hydrogen) atoms. The van der Waals surface area contributed by atoms with Crippen molar-refractivity contribution in [2.45, 2.75) is 25.9 Å². The number of benzene rings is 2. The first-order chi connectivity index (χ1) is 14.8. The second-order valence-corrected chi connectivity index (χ2v) is 6.38. The lowest BCUT2D eigenvalue weighted by atomic mass is 10.1. The van der Waals surface area contributed by atoms with Gasteiger partial charge in [0.15, 0.2) is 17.7 Å². The van der Waals surface area contributed by atoms with E-state index in [9.17, 15) is 27.7 Å². The van der Waals surface area contributed by atoms with Crippen LogP contribution in [0.4, 0.5) is 13.3 Å². The van der Waals surface area contributed by atoms with Gasteiger partial charge in [-0.2, -0.15) is 0 Å². The summed E-state index contributed by atoms with van der Waals surface area (Å²) in [5.74, 6) is -2.15. The molecule has 2 aromatic carbocycles. The first kappa shape index (κ1) is 23.7. The molecule has 2 amide bonds. The zero-order valence-corrected chi connectivity index (χ0v) is 16.7. The first-order valence-corrected chi connectivity index (χ1v) is 9.06. The summed E-state index contributed by atoms with van der Waals surface area (Å²) in [5.41, 5.74) is 1.00. The molecule has 0 aliphatic carbocycles. The van der Waals surface area contributed by atoms with E-state index in [4.69, 9.17) is 9.47 Å². The number of ether oxygens (including phenoxy) is 2. The van der Waals surface area contributed by atoms with Crippen LogP contribution in [0.25, 0.3) is 0 Å². The number of imide groups is 1. The van der Waals surface area contributed by atoms with Crippen molar-refractivity contribution in [1.29, 1.82) is 0 Å². The van der Waals surface area contributed by atoms with Crippen molar-refractivity contribution in [3.63, 3.8) is 0 Å². The number of amides is 2. The third-order valence-electron chi connectivity index (χ3n) is 4.18. The number of rotatable bonds is 5. The Kier molecular flexibility index (Phi) is 8.42. The van der Waals surface area contributed by atoms with E-state index in [0.29, 0.717) is 16.4 Å². The molecule has 3 rings (SSSR count). The normalized spacial score (nSPS) is 17.5. The van der Waals surface area contributed by atoms with Gasteiger partial charge in [-0.05, 0) is 23.8 Å². The topological polar surface area (TPSA) is 82.1 Å². The lowest BCUT2D eigenvalue weighted by Crippen LogP contribution is -2.34. The van der Waals surface area contributed by atoms with Gasteiger partial charge in [-0.1, -0.05) is 30.3 Å². The average molecular weight is 439 g/mol. The van der Waals surface area contributed by atoms with Gasteiger partial charge in [0.05, 0.1) is 13.7 Å². The van der Waals surface area contributed by atoms with Gasteiger partial charge in [-0.25, -0.2) is 13.6 Å². The molecule has 1 aliphatic rings. The molecule has 0 aromatic heterocycles. The predicted molar refractivity (Wildman–Crippen MR) is 102 cm³/mol. The Hall–Kier alpha value is -3.56. The number of nitrogens with zero attached hydrogens (tertiary/aromatic N) is 1. The molecule has 1 heterocycles. The monoisotopic (exact) mass is 439 g/mol. The van der Waals surface area contributed by atoms with Crippen molar-refractivity contribution in [1.82, 2.24) is 4.90 Å². The van der Waals surface area contributed by atoms with Gasteiger partial charge < -0.3 is 9.47 Å². The minimum absolute atomic E-state index is 0.0866. The molecule has 10 heteroatoms. The van der Waals surface area contributed by atoms with Crippen LogP contribution in [0, 0.1) is 0 Å².